The fourth-order valence-corrected chi connectivity index (χ4v) is 4.05. The first-order valence-electron chi connectivity index (χ1n) is 8.05. The van der Waals surface area contributed by atoms with E-state index >= 15 is 0 Å². The fourth-order valence-electron chi connectivity index (χ4n) is 3.87. The highest BCUT2D eigenvalue weighted by Crippen LogP contribution is 2.41. The van der Waals surface area contributed by atoms with Crippen molar-refractivity contribution in [2.24, 2.45) is 5.92 Å². The van der Waals surface area contributed by atoms with Gasteiger partial charge in [-0.15, -0.1) is 0 Å². The van der Waals surface area contributed by atoms with Crippen molar-refractivity contribution in [1.82, 2.24) is 10.2 Å². The maximum atomic E-state index is 11.2. The van der Waals surface area contributed by atoms with Crippen LogP contribution in [0.2, 0.25) is 5.02 Å². The lowest BCUT2D eigenvalue weighted by atomic mass is 9.89. The van der Waals surface area contributed by atoms with E-state index in [0.717, 1.165) is 31.7 Å². The van der Waals surface area contributed by atoms with E-state index in [2.05, 4.69) is 10.2 Å². The summed E-state index contributed by atoms with van der Waals surface area (Å²) in [5.41, 5.74) is 1.07. The largest absolute Gasteiger partial charge is 0.314 e. The lowest BCUT2D eigenvalue weighted by molar-refractivity contribution is -0.384. The van der Waals surface area contributed by atoms with Crippen LogP contribution in [0.3, 0.4) is 0 Å². The van der Waals surface area contributed by atoms with Gasteiger partial charge >= 0.3 is 0 Å². The number of nitrogens with one attached hydrogen (secondary N) is 1. The van der Waals surface area contributed by atoms with Crippen LogP contribution in [-0.4, -0.2) is 36.0 Å². The Bertz CT molecular complexity index is 540. The van der Waals surface area contributed by atoms with Crippen molar-refractivity contribution < 1.29 is 4.92 Å². The Kier molecular flexibility index (Phi) is 4.96. The molecule has 0 aromatic heterocycles. The number of halogens is 1. The molecule has 0 bridgehead atoms. The first-order valence-corrected chi connectivity index (χ1v) is 8.43. The topological polar surface area (TPSA) is 58.4 Å². The SMILES string of the molecule is O=[N+]([O-])c1cc([C@@H](C2CCCC2)N2CCNCC2)ccc1Cl. The van der Waals surface area contributed by atoms with Crippen molar-refractivity contribution in [3.8, 4) is 0 Å². The number of benzene rings is 1. The number of nitro groups is 1. The molecule has 0 unspecified atom stereocenters. The second-order valence-electron chi connectivity index (χ2n) is 6.24. The molecule has 1 aliphatic carbocycles. The molecule has 22 heavy (non-hydrogen) atoms. The summed E-state index contributed by atoms with van der Waals surface area (Å²) < 4.78 is 0. The van der Waals surface area contributed by atoms with Gasteiger partial charge in [0, 0.05) is 38.3 Å². The monoisotopic (exact) mass is 323 g/mol. The Morgan fingerprint density at radius 2 is 1.95 bits per heavy atom. The maximum Gasteiger partial charge on any atom is 0.288 e. The molecule has 1 heterocycles. The number of hydrogen-bond acceptors (Lipinski definition) is 4. The van der Waals surface area contributed by atoms with Gasteiger partial charge in [-0.2, -0.15) is 0 Å². The molecule has 120 valence electrons. The molecule has 1 N–H and O–H groups in total. The quantitative estimate of drug-likeness (QED) is 0.681. The molecule has 1 aliphatic heterocycles. The summed E-state index contributed by atoms with van der Waals surface area (Å²) in [5.74, 6) is 0.596. The van der Waals surface area contributed by atoms with E-state index in [4.69, 9.17) is 11.6 Å². The molecular weight excluding hydrogens is 302 g/mol. The number of nitro benzene ring substituents is 1. The van der Waals surface area contributed by atoms with Gasteiger partial charge in [0.25, 0.3) is 5.69 Å². The van der Waals surface area contributed by atoms with E-state index in [-0.39, 0.29) is 21.7 Å². The summed E-state index contributed by atoms with van der Waals surface area (Å²) in [4.78, 5) is 13.3. The third kappa shape index (κ3) is 3.26. The smallest absolute Gasteiger partial charge is 0.288 e. The predicted molar refractivity (Wildman–Crippen MR) is 87.2 cm³/mol. The molecule has 0 radical (unpaired) electrons. The van der Waals surface area contributed by atoms with Crippen molar-refractivity contribution in [2.45, 2.75) is 31.7 Å². The summed E-state index contributed by atoms with van der Waals surface area (Å²) >= 11 is 5.98. The third-order valence-corrected chi connectivity index (χ3v) is 5.22. The Labute approximate surface area is 135 Å². The first-order chi connectivity index (χ1) is 10.7. The van der Waals surface area contributed by atoms with Crippen LogP contribution < -0.4 is 5.32 Å². The lowest BCUT2D eigenvalue weighted by Crippen LogP contribution is -2.46. The van der Waals surface area contributed by atoms with Crippen molar-refractivity contribution in [3.63, 3.8) is 0 Å². The highest BCUT2D eigenvalue weighted by molar-refractivity contribution is 6.32. The summed E-state index contributed by atoms with van der Waals surface area (Å²) in [6.45, 7) is 3.97. The Morgan fingerprint density at radius 1 is 1.27 bits per heavy atom. The molecule has 3 rings (SSSR count). The van der Waals surface area contributed by atoms with Crippen LogP contribution in [0.25, 0.3) is 0 Å². The second-order valence-corrected chi connectivity index (χ2v) is 6.65. The van der Waals surface area contributed by atoms with Gasteiger partial charge in [0.2, 0.25) is 0 Å². The van der Waals surface area contributed by atoms with Crippen LogP contribution in [0.5, 0.6) is 0 Å². The van der Waals surface area contributed by atoms with Crippen LogP contribution >= 0.6 is 11.6 Å². The minimum atomic E-state index is -0.380. The van der Waals surface area contributed by atoms with Gasteiger partial charge in [-0.1, -0.05) is 30.5 Å². The Hall–Kier alpha value is -1.17. The summed E-state index contributed by atoms with van der Waals surface area (Å²) in [5, 5.41) is 14.8. The van der Waals surface area contributed by atoms with Crippen molar-refractivity contribution in [3.05, 3.63) is 38.9 Å². The predicted octanol–water partition coefficient (Wildman–Crippen LogP) is 3.38. The molecule has 2 fully saturated rings. The van der Waals surface area contributed by atoms with Crippen molar-refractivity contribution in [2.75, 3.05) is 26.2 Å². The van der Waals surface area contributed by atoms with E-state index in [9.17, 15) is 10.1 Å². The van der Waals surface area contributed by atoms with E-state index in [1.54, 1.807) is 12.1 Å². The van der Waals surface area contributed by atoms with Gasteiger partial charge in [0.15, 0.2) is 0 Å². The van der Waals surface area contributed by atoms with E-state index in [1.807, 2.05) is 6.07 Å². The van der Waals surface area contributed by atoms with Gasteiger partial charge < -0.3 is 5.32 Å². The first kappa shape index (κ1) is 15.7. The van der Waals surface area contributed by atoms with Crippen molar-refractivity contribution in [1.29, 1.82) is 0 Å². The van der Waals surface area contributed by atoms with Gasteiger partial charge in [-0.05, 0) is 30.4 Å². The van der Waals surface area contributed by atoms with Crippen LogP contribution in [0.4, 0.5) is 5.69 Å². The third-order valence-electron chi connectivity index (χ3n) is 4.90. The molecular formula is C16H22ClN3O2. The zero-order chi connectivity index (χ0) is 15.5. The number of hydrogen-bond donors (Lipinski definition) is 1. The second kappa shape index (κ2) is 6.94. The van der Waals surface area contributed by atoms with Crippen LogP contribution in [0, 0.1) is 16.0 Å². The minimum Gasteiger partial charge on any atom is -0.314 e. The van der Waals surface area contributed by atoms with Crippen LogP contribution in [0.15, 0.2) is 18.2 Å². The van der Waals surface area contributed by atoms with Crippen LogP contribution in [-0.2, 0) is 0 Å². The maximum absolute atomic E-state index is 11.2. The molecule has 1 saturated heterocycles. The standard InChI is InChI=1S/C16H22ClN3O2/c17-14-6-5-13(11-15(14)20(21)22)16(12-3-1-2-4-12)19-9-7-18-8-10-19/h5-6,11-12,16,18H,1-4,7-10H2/t16-/m1/s1. The summed E-state index contributed by atoms with van der Waals surface area (Å²) in [6, 6.07) is 5.62. The molecule has 1 aromatic carbocycles. The number of piperazine rings is 1. The van der Waals surface area contributed by atoms with Crippen LogP contribution in [0.1, 0.15) is 37.3 Å². The Balaban J connectivity index is 1.93. The molecule has 0 spiro atoms. The van der Waals surface area contributed by atoms with E-state index in [1.165, 1.54) is 25.7 Å². The van der Waals surface area contributed by atoms with Gasteiger partial charge in [-0.25, -0.2) is 0 Å². The van der Waals surface area contributed by atoms with Crippen molar-refractivity contribution >= 4 is 17.3 Å². The van der Waals surface area contributed by atoms with Gasteiger partial charge in [0.1, 0.15) is 5.02 Å². The highest BCUT2D eigenvalue weighted by Gasteiger charge is 2.32. The molecule has 1 saturated carbocycles. The minimum absolute atomic E-state index is 0.0253. The summed E-state index contributed by atoms with van der Waals surface area (Å²) in [7, 11) is 0. The molecule has 5 nitrogen and oxygen atoms in total. The number of rotatable bonds is 4. The van der Waals surface area contributed by atoms with E-state index < -0.39 is 0 Å². The average Bonchev–Trinajstić information content (AvgIpc) is 3.04. The molecule has 6 heteroatoms. The lowest BCUT2D eigenvalue weighted by Gasteiger charge is -2.38. The molecule has 1 aromatic rings. The summed E-state index contributed by atoms with van der Waals surface area (Å²) in [6.07, 6.45) is 4.96. The molecule has 2 aliphatic rings. The molecule has 1 atom stereocenters. The fraction of sp³-hybridized carbons (Fsp3) is 0.625. The van der Waals surface area contributed by atoms with Gasteiger partial charge in [-0.3, -0.25) is 15.0 Å². The highest BCUT2D eigenvalue weighted by atomic mass is 35.5. The van der Waals surface area contributed by atoms with E-state index in [0.29, 0.717) is 5.92 Å². The molecule has 0 amide bonds. The van der Waals surface area contributed by atoms with Gasteiger partial charge in [0.05, 0.1) is 4.92 Å². The number of nitrogens with zero attached hydrogens (tertiary/aromatic N) is 2. The normalized spacial score (nSPS) is 21.9. The zero-order valence-corrected chi connectivity index (χ0v) is 13.4. The zero-order valence-electron chi connectivity index (χ0n) is 12.6. The Morgan fingerprint density at radius 3 is 2.59 bits per heavy atom. The average molecular weight is 324 g/mol.